The van der Waals surface area contributed by atoms with E-state index in [2.05, 4.69) is 99.1 Å². The number of carbonyl (C=O) groups is 2. The molecule has 4 aliphatic rings. The molecule has 6 nitrogen and oxygen atoms in total. The predicted molar refractivity (Wildman–Crippen MR) is 215 cm³/mol. The molecule has 10 atom stereocenters. The van der Waals surface area contributed by atoms with Gasteiger partial charge in [-0.1, -0.05) is 88.5 Å². The van der Waals surface area contributed by atoms with Gasteiger partial charge in [0.25, 0.3) is 0 Å². The summed E-state index contributed by atoms with van der Waals surface area (Å²) in [5, 5.41) is 27.9. The Morgan fingerprint density at radius 3 is 1.90 bits per heavy atom. The Kier molecular flexibility index (Phi) is 17.5. The predicted octanol–water partition coefficient (Wildman–Crippen LogP) is 9.55. The van der Waals surface area contributed by atoms with Gasteiger partial charge in [0.05, 0.1) is 12.2 Å². The Balaban J connectivity index is 1.03. The van der Waals surface area contributed by atoms with Crippen LogP contribution >= 0.6 is 0 Å². The lowest BCUT2D eigenvalue weighted by molar-refractivity contribution is -0.174. The Hall–Kier alpha value is -2.44. The summed E-state index contributed by atoms with van der Waals surface area (Å²) in [5.74, 6) is 3.12. The van der Waals surface area contributed by atoms with Gasteiger partial charge >= 0.3 is 0 Å². The molecule has 4 fully saturated rings. The Bertz CT molecular complexity index is 1250. The second-order valence-electron chi connectivity index (χ2n) is 17.3. The van der Waals surface area contributed by atoms with Crippen molar-refractivity contribution in [3.63, 3.8) is 0 Å². The zero-order chi connectivity index (χ0) is 37.4. The largest absolute Gasteiger partial charge is 0.393 e. The molecule has 292 valence electrons. The lowest BCUT2D eigenvalue weighted by atomic mass is 9.43. The van der Waals surface area contributed by atoms with Crippen LogP contribution < -0.4 is 10.6 Å². The van der Waals surface area contributed by atoms with E-state index in [1.807, 2.05) is 0 Å². The molecule has 4 N–H and O–H groups in total. The quantitative estimate of drug-likeness (QED) is 0.0745. The maximum Gasteiger partial charge on any atom is 0.220 e. The van der Waals surface area contributed by atoms with Crippen LogP contribution in [0.5, 0.6) is 0 Å². The van der Waals surface area contributed by atoms with Crippen LogP contribution in [0.3, 0.4) is 0 Å². The number of carbonyl (C=O) groups excluding carboxylic acids is 2. The minimum atomic E-state index is -0.248. The Morgan fingerprint density at radius 2 is 1.27 bits per heavy atom. The smallest absolute Gasteiger partial charge is 0.220 e. The van der Waals surface area contributed by atoms with Crippen LogP contribution in [-0.4, -0.2) is 47.3 Å². The number of rotatable bonds is 20. The molecular weight excluding hydrogens is 645 g/mol. The Morgan fingerprint density at radius 1 is 0.712 bits per heavy atom. The van der Waals surface area contributed by atoms with Gasteiger partial charge in [-0.25, -0.2) is 0 Å². The zero-order valence-corrected chi connectivity index (χ0v) is 33.2. The van der Waals surface area contributed by atoms with E-state index in [0.29, 0.717) is 61.4 Å². The first-order chi connectivity index (χ1) is 25.1. The second-order valence-corrected chi connectivity index (χ2v) is 17.3. The van der Waals surface area contributed by atoms with Crippen molar-refractivity contribution >= 4 is 11.8 Å². The van der Waals surface area contributed by atoms with Gasteiger partial charge in [0.15, 0.2) is 0 Å². The van der Waals surface area contributed by atoms with Crippen molar-refractivity contribution in [3.8, 4) is 0 Å². The third kappa shape index (κ3) is 11.8. The zero-order valence-electron chi connectivity index (χ0n) is 33.2. The van der Waals surface area contributed by atoms with Crippen LogP contribution in [0.15, 0.2) is 60.8 Å². The summed E-state index contributed by atoms with van der Waals surface area (Å²) in [4.78, 5) is 25.0. The van der Waals surface area contributed by atoms with E-state index in [0.717, 1.165) is 77.0 Å². The average Bonchev–Trinajstić information content (AvgIpc) is 3.48. The molecule has 4 aliphatic carbocycles. The summed E-state index contributed by atoms with van der Waals surface area (Å²) in [6.45, 7) is 10.4. The maximum absolute atomic E-state index is 12.7. The number of nitrogens with one attached hydrogen (secondary N) is 2. The maximum atomic E-state index is 12.7. The molecule has 0 spiro atoms. The van der Waals surface area contributed by atoms with Gasteiger partial charge in [0.1, 0.15) is 0 Å². The van der Waals surface area contributed by atoms with E-state index in [1.165, 1.54) is 25.7 Å². The number of allylic oxidation sites excluding steroid dienone is 10. The lowest BCUT2D eigenvalue weighted by Crippen LogP contribution is -2.58. The monoisotopic (exact) mass is 719 g/mol. The second kappa shape index (κ2) is 21.4. The summed E-state index contributed by atoms with van der Waals surface area (Å²) in [7, 11) is 0. The number of hydrogen-bond donors (Lipinski definition) is 4. The van der Waals surface area contributed by atoms with Crippen LogP contribution in [0.2, 0.25) is 0 Å². The molecule has 0 bridgehead atoms. The molecule has 6 heteroatoms. The number of aliphatic hydroxyl groups is 2. The fourth-order valence-electron chi connectivity index (χ4n) is 11.1. The first-order valence-corrected chi connectivity index (χ1v) is 21.2. The third-order valence-corrected chi connectivity index (χ3v) is 13.9. The molecule has 52 heavy (non-hydrogen) atoms. The molecule has 2 amide bonds. The standard InChI is InChI=1S/C46H74N2O4/c1-5-6-7-8-9-10-11-12-13-14-15-16-17-18-19-20-21-22-42(51)47-31-32-48-43(52)26-23-35(2)38-24-25-39-44-40(28-30-46(38,39)4)45(3)29-27-37(49)33-36(45)34-41(44)50/h6-7,9-10,12-13,15-16,18-19,35-41,44,49-50H,5,8,11,14,17,20-34H2,1-4H3,(H,47,51)(H,48,52)/b7-6-,10-9-,13-12-,16-15-,19-18-/t35-,36+,37-,38?,39+,40+,41-,44+,45+,46-/m1/s1. The average molecular weight is 719 g/mol. The van der Waals surface area contributed by atoms with Crippen LogP contribution in [0.1, 0.15) is 143 Å². The number of unbranched alkanes of at least 4 members (excludes halogenated alkanes) is 1. The van der Waals surface area contributed by atoms with E-state index in [9.17, 15) is 19.8 Å². The van der Waals surface area contributed by atoms with Crippen LogP contribution in [-0.2, 0) is 9.59 Å². The molecular formula is C46H74N2O4. The van der Waals surface area contributed by atoms with Crippen molar-refractivity contribution in [1.82, 2.24) is 10.6 Å². The normalized spacial score (nSPS) is 33.9. The summed E-state index contributed by atoms with van der Waals surface area (Å²) < 4.78 is 0. The Labute approximate surface area is 317 Å². The topological polar surface area (TPSA) is 98.7 Å². The number of fused-ring (bicyclic) bond motifs is 5. The SMILES string of the molecule is CC/C=C\C/C=C\C/C=C\C/C=C\C/C=C\CCCC(=O)NCCNC(=O)CC[C@@H](C)C1CC[C@H]2[C@@H]3[C@H](O)C[C@@H]4C[C@H](O)CC[C@]4(C)[C@H]3CC[C@]12C. The summed E-state index contributed by atoms with van der Waals surface area (Å²) in [5.41, 5.74) is 0.482. The van der Waals surface area contributed by atoms with Crippen molar-refractivity contribution in [2.75, 3.05) is 13.1 Å². The van der Waals surface area contributed by atoms with Gasteiger partial charge in [-0.15, -0.1) is 0 Å². The van der Waals surface area contributed by atoms with Crippen molar-refractivity contribution in [2.45, 2.75) is 155 Å². The van der Waals surface area contributed by atoms with Crippen LogP contribution in [0.4, 0.5) is 0 Å². The molecule has 4 rings (SSSR count). The third-order valence-electron chi connectivity index (χ3n) is 13.9. The summed E-state index contributed by atoms with van der Waals surface area (Å²) >= 11 is 0. The fourth-order valence-corrected chi connectivity index (χ4v) is 11.1. The highest BCUT2D eigenvalue weighted by molar-refractivity contribution is 5.77. The lowest BCUT2D eigenvalue weighted by Gasteiger charge is -2.62. The molecule has 0 radical (unpaired) electrons. The first-order valence-electron chi connectivity index (χ1n) is 21.2. The van der Waals surface area contributed by atoms with E-state index in [1.54, 1.807) is 0 Å². The summed E-state index contributed by atoms with van der Waals surface area (Å²) in [6, 6.07) is 0. The molecule has 0 aromatic rings. The van der Waals surface area contributed by atoms with Gasteiger partial charge in [-0.05, 0) is 149 Å². The van der Waals surface area contributed by atoms with E-state index in [-0.39, 0.29) is 34.9 Å². The molecule has 0 heterocycles. The van der Waals surface area contributed by atoms with Gasteiger partial charge in [-0.3, -0.25) is 9.59 Å². The van der Waals surface area contributed by atoms with Gasteiger partial charge in [0, 0.05) is 25.9 Å². The van der Waals surface area contributed by atoms with Crippen LogP contribution in [0, 0.1) is 46.3 Å². The van der Waals surface area contributed by atoms with Crippen molar-refractivity contribution in [2.24, 2.45) is 46.3 Å². The molecule has 0 saturated heterocycles. The molecule has 4 saturated carbocycles. The number of hydrogen-bond acceptors (Lipinski definition) is 4. The first kappa shape index (κ1) is 42.3. The van der Waals surface area contributed by atoms with E-state index in [4.69, 9.17) is 0 Å². The minimum Gasteiger partial charge on any atom is -0.393 e. The minimum absolute atomic E-state index is 0.0441. The van der Waals surface area contributed by atoms with Crippen molar-refractivity contribution < 1.29 is 19.8 Å². The van der Waals surface area contributed by atoms with Crippen molar-refractivity contribution in [3.05, 3.63) is 60.8 Å². The van der Waals surface area contributed by atoms with E-state index < -0.39 is 0 Å². The number of aliphatic hydroxyl groups excluding tert-OH is 2. The fraction of sp³-hybridized carbons (Fsp3) is 0.739. The highest BCUT2D eigenvalue weighted by Crippen LogP contribution is 2.68. The molecule has 0 aromatic heterocycles. The van der Waals surface area contributed by atoms with E-state index >= 15 is 0 Å². The van der Waals surface area contributed by atoms with Crippen molar-refractivity contribution in [1.29, 1.82) is 0 Å². The molecule has 0 aliphatic heterocycles. The van der Waals surface area contributed by atoms with Gasteiger partial charge in [0.2, 0.25) is 11.8 Å². The highest BCUT2D eigenvalue weighted by Gasteiger charge is 2.62. The highest BCUT2D eigenvalue weighted by atomic mass is 16.3. The van der Waals surface area contributed by atoms with Gasteiger partial charge < -0.3 is 20.8 Å². The number of amides is 2. The van der Waals surface area contributed by atoms with Crippen LogP contribution in [0.25, 0.3) is 0 Å². The molecule has 1 unspecified atom stereocenters. The summed E-state index contributed by atoms with van der Waals surface area (Å²) in [6.07, 6.45) is 38.6. The van der Waals surface area contributed by atoms with Gasteiger partial charge in [-0.2, -0.15) is 0 Å². The molecule has 0 aromatic carbocycles.